The van der Waals surface area contributed by atoms with Gasteiger partial charge in [-0.15, -0.1) is 0 Å². The van der Waals surface area contributed by atoms with E-state index in [2.05, 4.69) is 10.3 Å². The van der Waals surface area contributed by atoms with Crippen molar-refractivity contribution in [2.75, 3.05) is 16.8 Å². The van der Waals surface area contributed by atoms with Crippen LogP contribution in [0.15, 0.2) is 12.3 Å². The van der Waals surface area contributed by atoms with E-state index in [4.69, 9.17) is 5.11 Å². The van der Waals surface area contributed by atoms with Gasteiger partial charge in [-0.3, -0.25) is 10.1 Å². The Morgan fingerprint density at radius 2 is 2.44 bits per heavy atom. The number of carboxylic acids is 1. The van der Waals surface area contributed by atoms with Crippen LogP contribution in [0.2, 0.25) is 0 Å². The van der Waals surface area contributed by atoms with Crippen LogP contribution in [0.4, 0.5) is 11.5 Å². The standard InChI is InChI=1S/C10H11N3O4S/c14-10(15)8-3-7(13(16)17)4-11-9(8)12-6-1-2-18-5-6/h3-4,6H,1-2,5H2,(H,11,12)(H,14,15). The molecular formula is C10H11N3O4S. The van der Waals surface area contributed by atoms with Gasteiger partial charge in [0.15, 0.2) is 0 Å². The molecule has 0 amide bonds. The maximum absolute atomic E-state index is 11.1. The summed E-state index contributed by atoms with van der Waals surface area (Å²) in [6.45, 7) is 0. The van der Waals surface area contributed by atoms with Gasteiger partial charge in [-0.25, -0.2) is 9.78 Å². The van der Waals surface area contributed by atoms with E-state index in [0.29, 0.717) is 0 Å². The normalized spacial score (nSPS) is 18.6. The molecule has 1 unspecified atom stereocenters. The molecular weight excluding hydrogens is 258 g/mol. The molecule has 7 nitrogen and oxygen atoms in total. The summed E-state index contributed by atoms with van der Waals surface area (Å²) >= 11 is 1.78. The number of nitro groups is 1. The second-order valence-electron chi connectivity index (χ2n) is 3.86. The van der Waals surface area contributed by atoms with Crippen molar-refractivity contribution in [1.29, 1.82) is 0 Å². The molecule has 1 saturated heterocycles. The van der Waals surface area contributed by atoms with E-state index in [0.717, 1.165) is 30.2 Å². The van der Waals surface area contributed by atoms with Crippen LogP contribution in [0.25, 0.3) is 0 Å². The second-order valence-corrected chi connectivity index (χ2v) is 5.01. The third-order valence-electron chi connectivity index (χ3n) is 2.59. The summed E-state index contributed by atoms with van der Waals surface area (Å²) in [5, 5.41) is 22.6. The number of thioether (sulfide) groups is 1. The third-order valence-corrected chi connectivity index (χ3v) is 3.75. The fourth-order valence-corrected chi connectivity index (χ4v) is 2.83. The predicted octanol–water partition coefficient (Wildman–Crippen LogP) is 1.61. The SMILES string of the molecule is O=C(O)c1cc([N+](=O)[O-])cnc1NC1CCSC1. The van der Waals surface area contributed by atoms with Crippen LogP contribution < -0.4 is 5.32 Å². The number of carbonyl (C=O) groups is 1. The molecule has 8 heteroatoms. The van der Waals surface area contributed by atoms with Gasteiger partial charge in [-0.2, -0.15) is 11.8 Å². The topological polar surface area (TPSA) is 105 Å². The monoisotopic (exact) mass is 269 g/mol. The van der Waals surface area contributed by atoms with E-state index in [1.54, 1.807) is 11.8 Å². The Balaban J connectivity index is 2.28. The van der Waals surface area contributed by atoms with Crippen molar-refractivity contribution in [2.24, 2.45) is 0 Å². The Kier molecular flexibility index (Phi) is 3.66. The molecule has 2 heterocycles. The molecule has 0 bridgehead atoms. The lowest BCUT2D eigenvalue weighted by atomic mass is 10.2. The van der Waals surface area contributed by atoms with E-state index >= 15 is 0 Å². The van der Waals surface area contributed by atoms with Crippen molar-refractivity contribution in [2.45, 2.75) is 12.5 Å². The van der Waals surface area contributed by atoms with Crippen molar-refractivity contribution in [1.82, 2.24) is 4.98 Å². The number of aromatic carboxylic acids is 1. The molecule has 0 aliphatic carbocycles. The van der Waals surface area contributed by atoms with Crippen LogP contribution in [0.3, 0.4) is 0 Å². The van der Waals surface area contributed by atoms with Crippen molar-refractivity contribution in [3.63, 3.8) is 0 Å². The minimum atomic E-state index is -1.22. The number of hydrogen-bond acceptors (Lipinski definition) is 6. The first-order chi connectivity index (χ1) is 8.58. The Morgan fingerprint density at radius 1 is 1.67 bits per heavy atom. The number of anilines is 1. The molecule has 2 N–H and O–H groups in total. The molecule has 1 atom stereocenters. The first-order valence-electron chi connectivity index (χ1n) is 5.30. The Hall–Kier alpha value is -1.83. The lowest BCUT2D eigenvalue weighted by Crippen LogP contribution is -2.21. The number of pyridine rings is 1. The van der Waals surface area contributed by atoms with Crippen LogP contribution in [-0.4, -0.2) is 38.5 Å². The van der Waals surface area contributed by atoms with Crippen molar-refractivity contribution >= 4 is 29.2 Å². The number of aromatic nitrogens is 1. The molecule has 1 aromatic heterocycles. The second kappa shape index (κ2) is 5.21. The highest BCUT2D eigenvalue weighted by Crippen LogP contribution is 2.24. The summed E-state index contributed by atoms with van der Waals surface area (Å²) in [5.74, 6) is 0.880. The zero-order valence-corrected chi connectivity index (χ0v) is 10.1. The number of carboxylic acid groups (broad SMARTS) is 1. The number of rotatable bonds is 4. The van der Waals surface area contributed by atoms with Crippen molar-refractivity contribution < 1.29 is 14.8 Å². The number of nitrogens with one attached hydrogen (secondary N) is 1. The minimum absolute atomic E-state index is 0.166. The van der Waals surface area contributed by atoms with Gasteiger partial charge in [-0.1, -0.05) is 0 Å². The zero-order valence-electron chi connectivity index (χ0n) is 9.33. The van der Waals surface area contributed by atoms with Gasteiger partial charge in [0.05, 0.1) is 4.92 Å². The van der Waals surface area contributed by atoms with E-state index < -0.39 is 10.9 Å². The van der Waals surface area contributed by atoms with Gasteiger partial charge in [0.25, 0.3) is 5.69 Å². The van der Waals surface area contributed by atoms with Gasteiger partial charge in [0, 0.05) is 17.9 Å². The maximum Gasteiger partial charge on any atom is 0.339 e. The Bertz CT molecular complexity index is 488. The fourth-order valence-electron chi connectivity index (χ4n) is 1.67. The van der Waals surface area contributed by atoms with E-state index in [1.165, 1.54) is 0 Å². The van der Waals surface area contributed by atoms with Crippen LogP contribution in [0, 0.1) is 10.1 Å². The maximum atomic E-state index is 11.1. The van der Waals surface area contributed by atoms with Gasteiger partial charge in [0.1, 0.15) is 17.6 Å². The molecule has 0 spiro atoms. The van der Waals surface area contributed by atoms with Gasteiger partial charge in [0.2, 0.25) is 0 Å². The Labute approximate surface area is 107 Å². The molecule has 1 aromatic rings. The smallest absolute Gasteiger partial charge is 0.339 e. The summed E-state index contributed by atoms with van der Waals surface area (Å²) in [6, 6.07) is 1.20. The number of nitrogens with zero attached hydrogens (tertiary/aromatic N) is 2. The average molecular weight is 269 g/mol. The average Bonchev–Trinajstić information content (AvgIpc) is 2.81. The highest BCUT2D eigenvalue weighted by atomic mass is 32.2. The zero-order chi connectivity index (χ0) is 13.1. The van der Waals surface area contributed by atoms with Crippen LogP contribution in [0.1, 0.15) is 16.8 Å². The van der Waals surface area contributed by atoms with E-state index in [1.807, 2.05) is 0 Å². The molecule has 0 saturated carbocycles. The van der Waals surface area contributed by atoms with E-state index in [9.17, 15) is 14.9 Å². The molecule has 2 rings (SSSR count). The number of hydrogen-bond donors (Lipinski definition) is 2. The molecule has 1 aliphatic rings. The van der Waals surface area contributed by atoms with Crippen molar-refractivity contribution in [3.8, 4) is 0 Å². The lowest BCUT2D eigenvalue weighted by Gasteiger charge is -2.13. The predicted molar refractivity (Wildman–Crippen MR) is 67.2 cm³/mol. The van der Waals surface area contributed by atoms with Gasteiger partial charge in [-0.05, 0) is 12.2 Å². The van der Waals surface area contributed by atoms with Crippen LogP contribution in [0.5, 0.6) is 0 Å². The van der Waals surface area contributed by atoms with Crippen molar-refractivity contribution in [3.05, 3.63) is 27.9 Å². The highest BCUT2D eigenvalue weighted by molar-refractivity contribution is 7.99. The summed E-state index contributed by atoms with van der Waals surface area (Å²) in [7, 11) is 0. The molecule has 0 radical (unpaired) electrons. The van der Waals surface area contributed by atoms with Crippen LogP contribution >= 0.6 is 11.8 Å². The summed E-state index contributed by atoms with van der Waals surface area (Å²) in [6.07, 6.45) is 2.00. The highest BCUT2D eigenvalue weighted by Gasteiger charge is 2.21. The quantitative estimate of drug-likeness (QED) is 0.631. The third kappa shape index (κ3) is 2.70. The molecule has 18 heavy (non-hydrogen) atoms. The first kappa shape index (κ1) is 12.6. The van der Waals surface area contributed by atoms with E-state index in [-0.39, 0.29) is 23.1 Å². The minimum Gasteiger partial charge on any atom is -0.478 e. The molecule has 0 aromatic carbocycles. The molecule has 1 fully saturated rings. The first-order valence-corrected chi connectivity index (χ1v) is 6.45. The molecule has 1 aliphatic heterocycles. The summed E-state index contributed by atoms with van der Waals surface area (Å²) in [5.41, 5.74) is -0.486. The fraction of sp³-hybridized carbons (Fsp3) is 0.400. The van der Waals surface area contributed by atoms with Gasteiger partial charge < -0.3 is 10.4 Å². The lowest BCUT2D eigenvalue weighted by molar-refractivity contribution is -0.385. The molecule has 96 valence electrons. The largest absolute Gasteiger partial charge is 0.478 e. The van der Waals surface area contributed by atoms with Gasteiger partial charge >= 0.3 is 5.97 Å². The summed E-state index contributed by atoms with van der Waals surface area (Å²) < 4.78 is 0. The van der Waals surface area contributed by atoms with Crippen LogP contribution in [-0.2, 0) is 0 Å². The Morgan fingerprint density at radius 3 is 3.00 bits per heavy atom. The summed E-state index contributed by atoms with van der Waals surface area (Å²) in [4.78, 5) is 24.8.